The van der Waals surface area contributed by atoms with Gasteiger partial charge in [0.05, 0.1) is 5.52 Å². The van der Waals surface area contributed by atoms with Gasteiger partial charge in [0.1, 0.15) is 5.69 Å². The third kappa shape index (κ3) is 2.54. The summed E-state index contributed by atoms with van der Waals surface area (Å²) in [4.78, 5) is 28.0. The van der Waals surface area contributed by atoms with Gasteiger partial charge in [-0.05, 0) is 31.4 Å². The Morgan fingerprint density at radius 1 is 1.15 bits per heavy atom. The van der Waals surface area contributed by atoms with Gasteiger partial charge in [-0.25, -0.2) is 9.78 Å². The van der Waals surface area contributed by atoms with Crippen molar-refractivity contribution in [2.24, 2.45) is 0 Å². The molecule has 0 spiro atoms. The van der Waals surface area contributed by atoms with E-state index in [1.54, 1.807) is 6.07 Å². The zero-order valence-electron chi connectivity index (χ0n) is 11.0. The molecule has 0 unspecified atom stereocenters. The Balaban J connectivity index is 1.79. The molecule has 0 N–H and O–H groups in total. The number of para-hydroxylation sites is 1. The van der Waals surface area contributed by atoms with Crippen molar-refractivity contribution in [2.75, 3.05) is 0 Å². The van der Waals surface area contributed by atoms with Crippen LogP contribution in [0.2, 0.25) is 0 Å². The second kappa shape index (κ2) is 5.41. The first kappa shape index (κ1) is 12.8. The molecule has 1 atom stereocenters. The van der Waals surface area contributed by atoms with Crippen molar-refractivity contribution in [2.45, 2.75) is 31.8 Å². The molecule has 0 amide bonds. The third-order valence-electron chi connectivity index (χ3n) is 3.56. The fourth-order valence-corrected chi connectivity index (χ4v) is 2.44. The van der Waals surface area contributed by atoms with Crippen LogP contribution in [-0.2, 0) is 9.53 Å². The van der Waals surface area contributed by atoms with Crippen LogP contribution in [0.5, 0.6) is 0 Å². The van der Waals surface area contributed by atoms with Crippen molar-refractivity contribution in [1.82, 2.24) is 4.98 Å². The smallest absolute Gasteiger partial charge is 0.357 e. The minimum Gasteiger partial charge on any atom is -0.450 e. The van der Waals surface area contributed by atoms with E-state index in [4.69, 9.17) is 4.74 Å². The molecule has 0 radical (unpaired) electrons. The van der Waals surface area contributed by atoms with E-state index in [1.165, 1.54) is 0 Å². The molecule has 0 saturated heterocycles. The van der Waals surface area contributed by atoms with Crippen LogP contribution in [0.3, 0.4) is 0 Å². The highest BCUT2D eigenvalue weighted by Gasteiger charge is 2.26. The number of carbonyl (C=O) groups is 2. The largest absolute Gasteiger partial charge is 0.450 e. The minimum atomic E-state index is -0.593. The molecule has 3 rings (SSSR count). The lowest BCUT2D eigenvalue weighted by Gasteiger charge is -2.20. The van der Waals surface area contributed by atoms with Crippen molar-refractivity contribution < 1.29 is 14.3 Å². The Morgan fingerprint density at radius 2 is 2.00 bits per heavy atom. The van der Waals surface area contributed by atoms with Crippen LogP contribution in [0.1, 0.15) is 36.2 Å². The van der Waals surface area contributed by atoms with Crippen LogP contribution in [0.4, 0.5) is 0 Å². The summed E-state index contributed by atoms with van der Waals surface area (Å²) in [5, 5.41) is 0.970. The highest BCUT2D eigenvalue weighted by atomic mass is 16.5. The van der Waals surface area contributed by atoms with Gasteiger partial charge in [-0.3, -0.25) is 4.79 Å². The fraction of sp³-hybridized carbons (Fsp3) is 0.312. The van der Waals surface area contributed by atoms with Gasteiger partial charge >= 0.3 is 5.97 Å². The second-order valence-electron chi connectivity index (χ2n) is 5.00. The predicted octanol–water partition coefficient (Wildman–Crippen LogP) is 2.90. The molecular formula is C16H15NO3. The van der Waals surface area contributed by atoms with Crippen LogP contribution in [0.15, 0.2) is 36.4 Å². The molecule has 1 aromatic carbocycles. The summed E-state index contributed by atoms with van der Waals surface area (Å²) < 4.78 is 5.29. The highest BCUT2D eigenvalue weighted by Crippen LogP contribution is 2.19. The first-order valence-electron chi connectivity index (χ1n) is 6.83. The van der Waals surface area contributed by atoms with E-state index in [0.717, 1.165) is 23.7 Å². The van der Waals surface area contributed by atoms with Gasteiger partial charge in [0.25, 0.3) is 0 Å². The average Bonchev–Trinajstić information content (AvgIpc) is 2.49. The quantitative estimate of drug-likeness (QED) is 0.787. The molecule has 2 aromatic rings. The number of aromatic nitrogens is 1. The van der Waals surface area contributed by atoms with Crippen LogP contribution in [-0.4, -0.2) is 22.8 Å². The number of ether oxygens (including phenoxy) is 1. The normalized spacial score (nSPS) is 19.0. The molecule has 4 heteroatoms. The summed E-state index contributed by atoms with van der Waals surface area (Å²) in [7, 11) is 0. The van der Waals surface area contributed by atoms with E-state index in [-0.39, 0.29) is 11.5 Å². The average molecular weight is 269 g/mol. The monoisotopic (exact) mass is 269 g/mol. The van der Waals surface area contributed by atoms with Gasteiger partial charge in [-0.1, -0.05) is 24.3 Å². The first-order chi connectivity index (χ1) is 9.74. The Morgan fingerprint density at radius 3 is 2.85 bits per heavy atom. The summed E-state index contributed by atoms with van der Waals surface area (Å²) in [6.45, 7) is 0. The number of rotatable bonds is 2. The standard InChI is InChI=1S/C16H15NO3/c18-14-7-3-4-8-15(14)20-16(19)13-10-9-11-5-1-2-6-12(11)17-13/h1-2,5-6,9-10,15H,3-4,7-8H2/t15-/m0/s1. The molecule has 1 aliphatic rings. The molecule has 0 bridgehead atoms. The lowest BCUT2D eigenvalue weighted by Crippen LogP contribution is -2.30. The van der Waals surface area contributed by atoms with Gasteiger partial charge in [0.15, 0.2) is 11.9 Å². The maximum absolute atomic E-state index is 12.1. The Labute approximate surface area is 116 Å². The second-order valence-corrected chi connectivity index (χ2v) is 5.00. The van der Waals surface area contributed by atoms with Gasteiger partial charge in [-0.2, -0.15) is 0 Å². The number of pyridine rings is 1. The van der Waals surface area contributed by atoms with Crippen LogP contribution in [0, 0.1) is 0 Å². The molecule has 1 aromatic heterocycles. The predicted molar refractivity (Wildman–Crippen MR) is 74.4 cm³/mol. The van der Waals surface area contributed by atoms with Crippen molar-refractivity contribution >= 4 is 22.7 Å². The summed E-state index contributed by atoms with van der Waals surface area (Å²) in [6, 6.07) is 11.0. The molecule has 1 saturated carbocycles. The molecule has 4 nitrogen and oxygen atoms in total. The van der Waals surface area contributed by atoms with Gasteiger partial charge in [0, 0.05) is 11.8 Å². The number of fused-ring (bicyclic) bond motifs is 1. The Bertz CT molecular complexity index is 666. The molecule has 20 heavy (non-hydrogen) atoms. The van der Waals surface area contributed by atoms with Crippen molar-refractivity contribution in [3.05, 3.63) is 42.1 Å². The number of esters is 1. The van der Waals surface area contributed by atoms with Gasteiger partial charge < -0.3 is 4.74 Å². The molecule has 1 heterocycles. The highest BCUT2D eigenvalue weighted by molar-refractivity contribution is 5.93. The van der Waals surface area contributed by atoms with Crippen LogP contribution in [0.25, 0.3) is 10.9 Å². The van der Waals surface area contributed by atoms with Gasteiger partial charge in [-0.15, -0.1) is 0 Å². The summed E-state index contributed by atoms with van der Waals surface area (Å²) in [6.07, 6.45) is 2.35. The zero-order valence-corrected chi connectivity index (χ0v) is 11.0. The van der Waals surface area contributed by atoms with Crippen LogP contribution >= 0.6 is 0 Å². The fourth-order valence-electron chi connectivity index (χ4n) is 2.44. The molecule has 102 valence electrons. The van der Waals surface area contributed by atoms with Crippen molar-refractivity contribution in [3.63, 3.8) is 0 Å². The number of hydrogen-bond acceptors (Lipinski definition) is 4. The van der Waals surface area contributed by atoms with E-state index in [1.807, 2.05) is 30.3 Å². The number of hydrogen-bond donors (Lipinski definition) is 0. The number of ketones is 1. The lowest BCUT2D eigenvalue weighted by atomic mass is 9.96. The maximum atomic E-state index is 12.1. The van der Waals surface area contributed by atoms with Gasteiger partial charge in [0.2, 0.25) is 0 Å². The number of carbonyl (C=O) groups excluding carboxylic acids is 2. The SMILES string of the molecule is O=C(O[C@H]1CCCCC1=O)c1ccc2ccccc2n1. The summed E-state index contributed by atoms with van der Waals surface area (Å²) >= 11 is 0. The minimum absolute atomic E-state index is 0.0189. The van der Waals surface area contributed by atoms with Crippen molar-refractivity contribution in [3.8, 4) is 0 Å². The third-order valence-corrected chi connectivity index (χ3v) is 3.56. The lowest BCUT2D eigenvalue weighted by molar-refractivity contribution is -0.129. The maximum Gasteiger partial charge on any atom is 0.357 e. The number of benzene rings is 1. The van der Waals surface area contributed by atoms with E-state index < -0.39 is 12.1 Å². The Hall–Kier alpha value is -2.23. The van der Waals surface area contributed by atoms with Crippen molar-refractivity contribution in [1.29, 1.82) is 0 Å². The topological polar surface area (TPSA) is 56.3 Å². The molecule has 1 fully saturated rings. The molecular weight excluding hydrogens is 254 g/mol. The summed E-state index contributed by atoms with van der Waals surface area (Å²) in [5.41, 5.74) is 0.999. The van der Waals surface area contributed by atoms with E-state index in [0.29, 0.717) is 12.8 Å². The first-order valence-corrected chi connectivity index (χ1v) is 6.83. The summed E-state index contributed by atoms with van der Waals surface area (Å²) in [5.74, 6) is -0.499. The molecule has 0 aliphatic heterocycles. The van der Waals surface area contributed by atoms with E-state index >= 15 is 0 Å². The van der Waals surface area contributed by atoms with E-state index in [9.17, 15) is 9.59 Å². The molecule has 1 aliphatic carbocycles. The zero-order chi connectivity index (χ0) is 13.9. The number of nitrogens with zero attached hydrogens (tertiary/aromatic N) is 1. The van der Waals surface area contributed by atoms with Crippen LogP contribution < -0.4 is 0 Å². The van der Waals surface area contributed by atoms with E-state index in [2.05, 4.69) is 4.98 Å². The Kier molecular flexibility index (Phi) is 3.46. The number of Topliss-reactive ketones (excluding diaryl/α,β-unsaturated/α-hetero) is 1.